The molecule has 130 valence electrons. The standard InChI is InChI=1S/C19H17N5O2/c20-8-7-17-22-14-6-5-13(9-15(14)23-17)11-1-3-12(4-2-11)19-24-16(10-26-19)18(21)25/h1-6,9-10H,7-8,20H2,(H2,21,25)(H,22,23). The van der Waals surface area contributed by atoms with Gasteiger partial charge in [-0.05, 0) is 41.9 Å². The number of aromatic amines is 1. The first-order chi connectivity index (χ1) is 12.6. The first kappa shape index (κ1) is 16.0. The second kappa shape index (κ2) is 6.45. The second-order valence-corrected chi connectivity index (χ2v) is 5.93. The van der Waals surface area contributed by atoms with Crippen molar-refractivity contribution in [1.82, 2.24) is 15.0 Å². The Bertz CT molecular complexity index is 1080. The van der Waals surface area contributed by atoms with Gasteiger partial charge in [0.05, 0.1) is 11.0 Å². The molecule has 0 aliphatic carbocycles. The molecule has 2 aromatic carbocycles. The number of hydrogen-bond donors (Lipinski definition) is 3. The summed E-state index contributed by atoms with van der Waals surface area (Å²) in [6.45, 7) is 0.562. The van der Waals surface area contributed by atoms with Crippen molar-refractivity contribution in [2.45, 2.75) is 6.42 Å². The molecule has 1 amide bonds. The number of primary amides is 1. The Morgan fingerprint density at radius 1 is 1.04 bits per heavy atom. The van der Waals surface area contributed by atoms with Gasteiger partial charge in [-0.15, -0.1) is 0 Å². The maximum Gasteiger partial charge on any atom is 0.270 e. The van der Waals surface area contributed by atoms with E-state index in [4.69, 9.17) is 15.9 Å². The Kier molecular flexibility index (Phi) is 3.98. The molecule has 26 heavy (non-hydrogen) atoms. The summed E-state index contributed by atoms with van der Waals surface area (Å²) in [4.78, 5) is 23.0. The van der Waals surface area contributed by atoms with E-state index in [0.717, 1.165) is 40.0 Å². The number of H-pyrrole nitrogens is 1. The molecule has 0 spiro atoms. The summed E-state index contributed by atoms with van der Waals surface area (Å²) in [6.07, 6.45) is 1.98. The molecule has 2 aromatic heterocycles. The van der Waals surface area contributed by atoms with Crippen LogP contribution in [0.2, 0.25) is 0 Å². The van der Waals surface area contributed by atoms with Crippen molar-refractivity contribution in [3.63, 3.8) is 0 Å². The number of hydrogen-bond acceptors (Lipinski definition) is 5. The number of rotatable bonds is 5. The summed E-state index contributed by atoms with van der Waals surface area (Å²) < 4.78 is 5.31. The van der Waals surface area contributed by atoms with E-state index in [9.17, 15) is 4.79 Å². The number of oxazole rings is 1. The van der Waals surface area contributed by atoms with Crippen LogP contribution >= 0.6 is 0 Å². The van der Waals surface area contributed by atoms with Crippen LogP contribution in [-0.4, -0.2) is 27.4 Å². The molecular formula is C19H17N5O2. The van der Waals surface area contributed by atoms with Gasteiger partial charge in [0.2, 0.25) is 5.89 Å². The van der Waals surface area contributed by atoms with Gasteiger partial charge in [0, 0.05) is 12.0 Å². The summed E-state index contributed by atoms with van der Waals surface area (Å²) in [6, 6.07) is 13.8. The van der Waals surface area contributed by atoms with Gasteiger partial charge >= 0.3 is 0 Å². The van der Waals surface area contributed by atoms with Crippen molar-refractivity contribution in [3.8, 4) is 22.6 Å². The molecule has 0 saturated carbocycles. The SMILES string of the molecule is NCCc1nc2ccc(-c3ccc(-c4nc(C(N)=O)co4)cc3)cc2[nH]1. The third-order valence-corrected chi connectivity index (χ3v) is 4.13. The molecule has 0 atom stereocenters. The van der Waals surface area contributed by atoms with E-state index < -0.39 is 5.91 Å². The largest absolute Gasteiger partial charge is 0.444 e. The molecule has 0 unspecified atom stereocenters. The summed E-state index contributed by atoms with van der Waals surface area (Å²) in [7, 11) is 0. The average Bonchev–Trinajstić information content (AvgIpc) is 3.28. The van der Waals surface area contributed by atoms with Gasteiger partial charge in [-0.2, -0.15) is 0 Å². The lowest BCUT2D eigenvalue weighted by atomic mass is 10.0. The number of fused-ring (bicyclic) bond motifs is 1. The van der Waals surface area contributed by atoms with Crippen LogP contribution in [0.4, 0.5) is 0 Å². The highest BCUT2D eigenvalue weighted by Crippen LogP contribution is 2.26. The molecule has 7 heteroatoms. The number of carbonyl (C=O) groups is 1. The van der Waals surface area contributed by atoms with Crippen molar-refractivity contribution in [2.75, 3.05) is 6.54 Å². The number of amides is 1. The Morgan fingerprint density at radius 3 is 2.46 bits per heavy atom. The van der Waals surface area contributed by atoms with Crippen molar-refractivity contribution >= 4 is 16.9 Å². The topological polar surface area (TPSA) is 124 Å². The first-order valence-electron chi connectivity index (χ1n) is 8.19. The zero-order valence-corrected chi connectivity index (χ0v) is 13.9. The smallest absolute Gasteiger partial charge is 0.270 e. The van der Waals surface area contributed by atoms with Crippen molar-refractivity contribution in [3.05, 3.63) is 60.2 Å². The average molecular weight is 347 g/mol. The molecule has 5 N–H and O–H groups in total. The second-order valence-electron chi connectivity index (χ2n) is 5.93. The summed E-state index contributed by atoms with van der Waals surface area (Å²) in [5.41, 5.74) is 15.7. The van der Waals surface area contributed by atoms with Gasteiger partial charge < -0.3 is 20.9 Å². The molecule has 4 rings (SSSR count). The highest BCUT2D eigenvalue weighted by molar-refractivity contribution is 5.90. The van der Waals surface area contributed by atoms with Crippen LogP contribution in [0.1, 0.15) is 16.3 Å². The first-order valence-corrected chi connectivity index (χ1v) is 8.19. The number of carbonyl (C=O) groups excluding carboxylic acids is 1. The predicted molar refractivity (Wildman–Crippen MR) is 98.3 cm³/mol. The van der Waals surface area contributed by atoms with E-state index in [1.165, 1.54) is 6.26 Å². The van der Waals surface area contributed by atoms with Gasteiger partial charge in [-0.25, -0.2) is 9.97 Å². The van der Waals surface area contributed by atoms with Gasteiger partial charge in [0.1, 0.15) is 12.1 Å². The minimum atomic E-state index is -0.613. The molecule has 0 radical (unpaired) electrons. The molecule has 0 aliphatic rings. The maximum absolute atomic E-state index is 11.1. The maximum atomic E-state index is 11.1. The van der Waals surface area contributed by atoms with E-state index in [1.54, 1.807) is 0 Å². The van der Waals surface area contributed by atoms with Crippen LogP contribution in [0.15, 0.2) is 53.1 Å². The zero-order chi connectivity index (χ0) is 18.1. The lowest BCUT2D eigenvalue weighted by Gasteiger charge is -2.03. The van der Waals surface area contributed by atoms with Crippen molar-refractivity contribution in [1.29, 1.82) is 0 Å². The Balaban J connectivity index is 1.63. The van der Waals surface area contributed by atoms with E-state index in [0.29, 0.717) is 12.4 Å². The summed E-state index contributed by atoms with van der Waals surface area (Å²) in [5, 5.41) is 0. The summed E-state index contributed by atoms with van der Waals surface area (Å²) in [5.74, 6) is 0.642. The molecule has 0 aliphatic heterocycles. The van der Waals surface area contributed by atoms with Crippen LogP contribution in [-0.2, 0) is 6.42 Å². The van der Waals surface area contributed by atoms with Crippen molar-refractivity contribution < 1.29 is 9.21 Å². The number of nitrogens with two attached hydrogens (primary N) is 2. The van der Waals surface area contributed by atoms with Crippen molar-refractivity contribution in [2.24, 2.45) is 11.5 Å². The normalized spacial score (nSPS) is 11.1. The minimum absolute atomic E-state index is 0.113. The number of benzene rings is 2. The van der Waals surface area contributed by atoms with E-state index in [-0.39, 0.29) is 5.69 Å². The third kappa shape index (κ3) is 2.96. The Hall–Kier alpha value is -3.45. The van der Waals surface area contributed by atoms with Gasteiger partial charge in [-0.1, -0.05) is 18.2 Å². The molecular weight excluding hydrogens is 330 g/mol. The van der Waals surface area contributed by atoms with Crippen LogP contribution in [0.25, 0.3) is 33.6 Å². The van der Waals surface area contributed by atoms with Crippen LogP contribution in [0.3, 0.4) is 0 Å². The van der Waals surface area contributed by atoms with E-state index in [1.807, 2.05) is 36.4 Å². The Morgan fingerprint density at radius 2 is 1.77 bits per heavy atom. The van der Waals surface area contributed by atoms with Crippen LogP contribution in [0.5, 0.6) is 0 Å². The molecule has 0 bridgehead atoms. The van der Waals surface area contributed by atoms with Gasteiger partial charge in [0.15, 0.2) is 5.69 Å². The number of nitrogens with one attached hydrogen (secondary N) is 1. The zero-order valence-electron chi connectivity index (χ0n) is 13.9. The monoisotopic (exact) mass is 347 g/mol. The highest BCUT2D eigenvalue weighted by atomic mass is 16.3. The molecule has 2 heterocycles. The minimum Gasteiger partial charge on any atom is -0.444 e. The molecule has 7 nitrogen and oxygen atoms in total. The Labute approximate surface area is 149 Å². The molecule has 4 aromatic rings. The predicted octanol–water partition coefficient (Wildman–Crippen LogP) is 2.49. The highest BCUT2D eigenvalue weighted by Gasteiger charge is 2.11. The van der Waals surface area contributed by atoms with Crippen LogP contribution < -0.4 is 11.5 Å². The fourth-order valence-electron chi connectivity index (χ4n) is 2.82. The fraction of sp³-hybridized carbons (Fsp3) is 0.105. The summed E-state index contributed by atoms with van der Waals surface area (Å²) >= 11 is 0. The number of imidazole rings is 1. The third-order valence-electron chi connectivity index (χ3n) is 4.13. The fourth-order valence-corrected chi connectivity index (χ4v) is 2.82. The lowest BCUT2D eigenvalue weighted by Crippen LogP contribution is -2.10. The van der Waals surface area contributed by atoms with E-state index in [2.05, 4.69) is 21.0 Å². The molecule has 0 saturated heterocycles. The quantitative estimate of drug-likeness (QED) is 0.511. The van der Waals surface area contributed by atoms with E-state index >= 15 is 0 Å². The number of aromatic nitrogens is 3. The van der Waals surface area contributed by atoms with Gasteiger partial charge in [-0.3, -0.25) is 4.79 Å². The lowest BCUT2D eigenvalue weighted by molar-refractivity contribution is 0.0995. The van der Waals surface area contributed by atoms with Gasteiger partial charge in [0.25, 0.3) is 5.91 Å². The van der Waals surface area contributed by atoms with Crippen LogP contribution in [0, 0.1) is 0 Å². The molecule has 0 fully saturated rings. The number of nitrogens with zero attached hydrogens (tertiary/aromatic N) is 2.